The number of halogens is 3. The van der Waals surface area contributed by atoms with Crippen molar-refractivity contribution in [1.82, 2.24) is 15.3 Å². The normalized spacial score (nSPS) is 16.9. The van der Waals surface area contributed by atoms with E-state index in [4.69, 9.17) is 4.74 Å². The van der Waals surface area contributed by atoms with Crippen LogP contribution in [-0.2, 0) is 28.7 Å². The van der Waals surface area contributed by atoms with Gasteiger partial charge in [-0.05, 0) is 18.9 Å². The van der Waals surface area contributed by atoms with Gasteiger partial charge in [0.1, 0.15) is 6.61 Å². The maximum absolute atomic E-state index is 13.8. The highest BCUT2D eigenvalue weighted by molar-refractivity contribution is 5.91. The number of aliphatic hydroxyl groups excluding tert-OH is 1. The second-order valence-electron chi connectivity index (χ2n) is 10.1. The topological polar surface area (TPSA) is 108 Å². The van der Waals surface area contributed by atoms with Crippen LogP contribution < -0.4 is 15.1 Å². The highest BCUT2D eigenvalue weighted by atomic mass is 19.4. The van der Waals surface area contributed by atoms with E-state index >= 15 is 0 Å². The summed E-state index contributed by atoms with van der Waals surface area (Å²) < 4.78 is 46.8. The molecule has 9 nitrogen and oxygen atoms in total. The molecule has 0 atom stereocenters. The van der Waals surface area contributed by atoms with Gasteiger partial charge in [0, 0.05) is 55.0 Å². The molecule has 0 aliphatic carbocycles. The number of carbonyl (C=O) groups is 2. The maximum Gasteiger partial charge on any atom is 0.433 e. The van der Waals surface area contributed by atoms with E-state index < -0.39 is 35.7 Å². The molecular formula is C25H30F3N5O4. The summed E-state index contributed by atoms with van der Waals surface area (Å²) in [5.74, 6) is -0.684. The maximum atomic E-state index is 13.8. The minimum absolute atomic E-state index is 0.0713. The van der Waals surface area contributed by atoms with Crippen molar-refractivity contribution in [2.75, 3.05) is 36.0 Å². The zero-order chi connectivity index (χ0) is 26.8. The molecule has 3 heterocycles. The Labute approximate surface area is 212 Å². The van der Waals surface area contributed by atoms with Gasteiger partial charge in [0.2, 0.25) is 11.9 Å². The number of cyclic esters (lactones) is 1. The van der Waals surface area contributed by atoms with Crippen molar-refractivity contribution in [3.63, 3.8) is 0 Å². The van der Waals surface area contributed by atoms with Crippen LogP contribution in [0.5, 0.6) is 0 Å². The predicted molar refractivity (Wildman–Crippen MR) is 129 cm³/mol. The number of piperidine rings is 1. The quantitative estimate of drug-likeness (QED) is 0.576. The van der Waals surface area contributed by atoms with Crippen LogP contribution in [0.1, 0.15) is 43.5 Å². The zero-order valence-electron chi connectivity index (χ0n) is 20.7. The zero-order valence-corrected chi connectivity index (χ0v) is 20.7. The van der Waals surface area contributed by atoms with Crippen LogP contribution in [0, 0.1) is 5.41 Å². The molecule has 2 aliphatic rings. The first-order valence-electron chi connectivity index (χ1n) is 12.1. The van der Waals surface area contributed by atoms with Crippen LogP contribution in [0.3, 0.4) is 0 Å². The number of hydrogen-bond acceptors (Lipinski definition) is 7. The fourth-order valence-electron chi connectivity index (χ4n) is 4.40. The number of rotatable bonds is 7. The van der Waals surface area contributed by atoms with Gasteiger partial charge < -0.3 is 20.1 Å². The fourth-order valence-corrected chi connectivity index (χ4v) is 4.40. The molecule has 0 bridgehead atoms. The minimum Gasteiger partial charge on any atom is -0.444 e. The summed E-state index contributed by atoms with van der Waals surface area (Å²) in [7, 11) is 0. The summed E-state index contributed by atoms with van der Waals surface area (Å²) in [6, 6.07) is 7.31. The standard InChI is InChI=1S/C25H30F3N5O4/c1-24(2,15-34)14-30-20(35)11-17-12-29-22(31-21(17)25(26,27)28)32-9-7-18(8-10-32)33-19-6-4-3-5-16(19)13-37-23(33)36/h3-6,12,18,34H,7-11,13-15H2,1-2H3,(H,30,35). The van der Waals surface area contributed by atoms with Gasteiger partial charge in [-0.2, -0.15) is 13.2 Å². The lowest BCUT2D eigenvalue weighted by Gasteiger charge is -2.40. The number of amides is 2. The van der Waals surface area contributed by atoms with E-state index in [9.17, 15) is 27.9 Å². The second-order valence-corrected chi connectivity index (χ2v) is 10.1. The van der Waals surface area contributed by atoms with E-state index in [1.54, 1.807) is 23.6 Å². The van der Waals surface area contributed by atoms with E-state index in [0.717, 1.165) is 17.4 Å². The number of hydrogen-bond donors (Lipinski definition) is 2. The molecule has 1 saturated heterocycles. The molecule has 0 unspecified atom stereocenters. The Morgan fingerprint density at radius 1 is 1.22 bits per heavy atom. The highest BCUT2D eigenvalue weighted by Crippen LogP contribution is 2.34. The summed E-state index contributed by atoms with van der Waals surface area (Å²) in [6.07, 6.45) is -3.69. The number of carbonyl (C=O) groups excluding carboxylic acids is 2. The van der Waals surface area contributed by atoms with Gasteiger partial charge in [-0.1, -0.05) is 32.0 Å². The molecule has 0 spiro atoms. The Balaban J connectivity index is 1.45. The number of ether oxygens (including phenoxy) is 1. The molecule has 1 fully saturated rings. The van der Waals surface area contributed by atoms with Crippen molar-refractivity contribution in [2.45, 2.75) is 51.9 Å². The lowest BCUT2D eigenvalue weighted by atomic mass is 9.95. The first kappa shape index (κ1) is 26.6. The molecule has 37 heavy (non-hydrogen) atoms. The third kappa shape index (κ3) is 6.12. The number of nitrogens with zero attached hydrogens (tertiary/aromatic N) is 4. The summed E-state index contributed by atoms with van der Waals surface area (Å²) in [5.41, 5.74) is -0.370. The highest BCUT2D eigenvalue weighted by Gasteiger charge is 2.38. The summed E-state index contributed by atoms with van der Waals surface area (Å²) in [5, 5.41) is 11.8. The molecule has 2 N–H and O–H groups in total. The Bertz CT molecular complexity index is 1150. The van der Waals surface area contributed by atoms with E-state index in [-0.39, 0.29) is 37.3 Å². The number of para-hydroxylation sites is 1. The average molecular weight is 522 g/mol. The third-order valence-electron chi connectivity index (χ3n) is 6.57. The molecule has 0 radical (unpaired) electrons. The van der Waals surface area contributed by atoms with Crippen LogP contribution in [0.25, 0.3) is 0 Å². The molecule has 4 rings (SSSR count). The van der Waals surface area contributed by atoms with Crippen molar-refractivity contribution < 1.29 is 32.6 Å². The van der Waals surface area contributed by atoms with Crippen LogP contribution in [-0.4, -0.2) is 59.4 Å². The van der Waals surface area contributed by atoms with Gasteiger partial charge in [0.05, 0.1) is 12.1 Å². The van der Waals surface area contributed by atoms with Crippen LogP contribution in [0.4, 0.5) is 29.6 Å². The molecule has 2 aliphatic heterocycles. The fraction of sp³-hybridized carbons (Fsp3) is 0.520. The van der Waals surface area contributed by atoms with Gasteiger partial charge in [0.25, 0.3) is 0 Å². The number of nitrogens with one attached hydrogen (secondary N) is 1. The number of anilines is 2. The van der Waals surface area contributed by atoms with Crippen molar-refractivity contribution in [1.29, 1.82) is 0 Å². The molecule has 2 aromatic rings. The van der Waals surface area contributed by atoms with Crippen molar-refractivity contribution in [2.24, 2.45) is 5.41 Å². The lowest BCUT2D eigenvalue weighted by molar-refractivity contribution is -0.142. The summed E-state index contributed by atoms with van der Waals surface area (Å²) >= 11 is 0. The average Bonchev–Trinajstić information content (AvgIpc) is 2.87. The van der Waals surface area contributed by atoms with Gasteiger partial charge in [0.15, 0.2) is 5.69 Å². The number of benzene rings is 1. The van der Waals surface area contributed by atoms with E-state index in [0.29, 0.717) is 25.9 Å². The van der Waals surface area contributed by atoms with E-state index in [1.807, 2.05) is 24.3 Å². The van der Waals surface area contributed by atoms with Gasteiger partial charge >= 0.3 is 12.3 Å². The SMILES string of the molecule is CC(C)(CO)CNC(=O)Cc1cnc(N2CCC(N3C(=O)OCc4ccccc43)CC2)nc1C(F)(F)F. The third-order valence-corrected chi connectivity index (χ3v) is 6.57. The monoisotopic (exact) mass is 521 g/mol. The summed E-state index contributed by atoms with van der Waals surface area (Å²) in [6.45, 7) is 4.30. The van der Waals surface area contributed by atoms with Crippen LogP contribution in [0.15, 0.2) is 30.5 Å². The smallest absolute Gasteiger partial charge is 0.433 e. The molecule has 2 amide bonds. The van der Waals surface area contributed by atoms with Crippen LogP contribution >= 0.6 is 0 Å². The minimum atomic E-state index is -4.77. The summed E-state index contributed by atoms with van der Waals surface area (Å²) in [4.78, 5) is 36.0. The van der Waals surface area contributed by atoms with Gasteiger partial charge in [-0.25, -0.2) is 14.8 Å². The molecule has 12 heteroatoms. The Hall–Kier alpha value is -3.41. The van der Waals surface area contributed by atoms with Crippen molar-refractivity contribution in [3.05, 3.63) is 47.3 Å². The lowest BCUT2D eigenvalue weighted by Crippen LogP contribution is -2.49. The van der Waals surface area contributed by atoms with Crippen LogP contribution in [0.2, 0.25) is 0 Å². The number of alkyl halides is 3. The first-order valence-corrected chi connectivity index (χ1v) is 12.1. The number of aromatic nitrogens is 2. The largest absolute Gasteiger partial charge is 0.444 e. The van der Waals surface area contributed by atoms with E-state index in [1.165, 1.54) is 0 Å². The predicted octanol–water partition coefficient (Wildman–Crippen LogP) is 3.30. The molecule has 0 saturated carbocycles. The molecule has 200 valence electrons. The van der Waals surface area contributed by atoms with E-state index in [2.05, 4.69) is 15.3 Å². The second kappa shape index (κ2) is 10.5. The number of aliphatic hydroxyl groups is 1. The molecular weight excluding hydrogens is 491 g/mol. The van der Waals surface area contributed by atoms with Gasteiger partial charge in [-0.3, -0.25) is 9.69 Å². The van der Waals surface area contributed by atoms with Crippen molar-refractivity contribution >= 4 is 23.6 Å². The molecule has 1 aromatic heterocycles. The Kier molecular flexibility index (Phi) is 7.58. The first-order chi connectivity index (χ1) is 17.5. The molecule has 1 aromatic carbocycles. The Morgan fingerprint density at radius 3 is 2.59 bits per heavy atom. The Morgan fingerprint density at radius 2 is 1.92 bits per heavy atom. The number of fused-ring (bicyclic) bond motifs is 1. The van der Waals surface area contributed by atoms with Crippen molar-refractivity contribution in [3.8, 4) is 0 Å². The van der Waals surface area contributed by atoms with Gasteiger partial charge in [-0.15, -0.1) is 0 Å².